The lowest BCUT2D eigenvalue weighted by Crippen LogP contribution is -1.97. The summed E-state index contributed by atoms with van der Waals surface area (Å²) >= 11 is 0. The van der Waals surface area contributed by atoms with Gasteiger partial charge in [-0.2, -0.15) is 0 Å². The fourth-order valence-electron chi connectivity index (χ4n) is 0.402. The van der Waals surface area contributed by atoms with Crippen molar-refractivity contribution in [1.82, 2.24) is 0 Å². The molecule has 1 nitrogen and oxygen atoms in total. The average molecular weight is 115 g/mol. The van der Waals surface area contributed by atoms with Gasteiger partial charge in [-0.05, 0) is 28.1 Å². The number of hydrogen-bond acceptors (Lipinski definition) is 1. The minimum absolute atomic E-state index is 0.611. The van der Waals surface area contributed by atoms with Crippen molar-refractivity contribution in [3.8, 4) is 0 Å². The zero-order chi connectivity index (χ0) is 5.54. The average Bonchev–Trinajstić information content (AvgIpc) is 1.69. The molecule has 0 heterocycles. The van der Waals surface area contributed by atoms with E-state index < -0.39 is 0 Å². The molecule has 0 aliphatic heterocycles. The van der Waals surface area contributed by atoms with Crippen LogP contribution >= 0.6 is 0 Å². The number of rotatable bonds is 3. The van der Waals surface area contributed by atoms with E-state index in [-0.39, 0.29) is 0 Å². The highest BCUT2D eigenvalue weighted by molar-refractivity contribution is 6.46. The van der Waals surface area contributed by atoms with Crippen molar-refractivity contribution >= 4 is 14.8 Å². The molecular formula is C5H13NSi. The summed E-state index contributed by atoms with van der Waals surface area (Å²) in [4.78, 5) is 0. The quantitative estimate of drug-likeness (QED) is 0.407. The van der Waals surface area contributed by atoms with Crippen molar-refractivity contribution in [1.29, 1.82) is 0 Å². The first-order chi connectivity index (χ1) is 3.41. The zero-order valence-corrected chi connectivity index (χ0v) is 6.01. The van der Waals surface area contributed by atoms with Crippen LogP contribution in [0.25, 0.3) is 0 Å². The van der Waals surface area contributed by atoms with Crippen molar-refractivity contribution < 1.29 is 0 Å². The van der Waals surface area contributed by atoms with Crippen LogP contribution in [0.2, 0.25) is 6.04 Å². The molecule has 0 bridgehead atoms. The summed E-state index contributed by atoms with van der Waals surface area (Å²) in [5.41, 5.74) is 7.53. The van der Waals surface area contributed by atoms with Gasteiger partial charge in [0.05, 0.1) is 0 Å². The molecule has 2 heteroatoms. The van der Waals surface area contributed by atoms with Crippen LogP contribution in [0.5, 0.6) is 0 Å². The largest absolute Gasteiger partial charge is 0.330 e. The van der Waals surface area contributed by atoms with Crippen molar-refractivity contribution in [3.63, 3.8) is 0 Å². The Balaban J connectivity index is 2.69. The van der Waals surface area contributed by atoms with E-state index in [0.717, 1.165) is 6.54 Å². The SMILES string of the molecule is CC=[SiH]CCCN. The molecule has 0 amide bonds. The molecule has 0 aliphatic rings. The third-order valence-corrected chi connectivity index (χ3v) is 2.02. The van der Waals surface area contributed by atoms with Gasteiger partial charge >= 0.3 is 0 Å². The Morgan fingerprint density at radius 2 is 2.43 bits per heavy atom. The maximum Gasteiger partial charge on any atom is -0.00774 e. The summed E-state index contributed by atoms with van der Waals surface area (Å²) in [7, 11) is 0.611. The summed E-state index contributed by atoms with van der Waals surface area (Å²) in [6, 6.07) is 1.34. The van der Waals surface area contributed by atoms with Crippen LogP contribution in [0, 0.1) is 0 Å². The van der Waals surface area contributed by atoms with Gasteiger partial charge in [0.2, 0.25) is 0 Å². The second kappa shape index (κ2) is 6.05. The molecular weight excluding hydrogens is 102 g/mol. The van der Waals surface area contributed by atoms with Crippen molar-refractivity contribution in [2.24, 2.45) is 5.73 Å². The van der Waals surface area contributed by atoms with Gasteiger partial charge in [-0.15, -0.1) is 5.67 Å². The zero-order valence-electron chi connectivity index (χ0n) is 4.85. The van der Waals surface area contributed by atoms with Gasteiger partial charge in [0, 0.05) is 0 Å². The third kappa shape index (κ3) is 6.05. The van der Waals surface area contributed by atoms with E-state index in [0.29, 0.717) is 9.13 Å². The molecule has 0 aromatic heterocycles. The minimum Gasteiger partial charge on any atom is -0.330 e. The predicted molar refractivity (Wildman–Crippen MR) is 37.4 cm³/mol. The molecule has 0 radical (unpaired) electrons. The van der Waals surface area contributed by atoms with Crippen LogP contribution < -0.4 is 5.73 Å². The first kappa shape index (κ1) is 7.05. The van der Waals surface area contributed by atoms with Crippen LogP contribution in [0.3, 0.4) is 0 Å². The molecule has 42 valence electrons. The van der Waals surface area contributed by atoms with Gasteiger partial charge in [0.1, 0.15) is 0 Å². The van der Waals surface area contributed by atoms with E-state index in [1.54, 1.807) is 0 Å². The van der Waals surface area contributed by atoms with Gasteiger partial charge in [-0.3, -0.25) is 0 Å². The van der Waals surface area contributed by atoms with Crippen LogP contribution in [0.15, 0.2) is 0 Å². The predicted octanol–water partition coefficient (Wildman–Crippen LogP) is 0.0121. The summed E-state index contributed by atoms with van der Waals surface area (Å²) in [5.74, 6) is 0. The van der Waals surface area contributed by atoms with Gasteiger partial charge in [-0.1, -0.05) is 6.92 Å². The molecule has 7 heavy (non-hydrogen) atoms. The third-order valence-electron chi connectivity index (χ3n) is 0.811. The fraction of sp³-hybridized carbons (Fsp3) is 0.800. The number of nitrogens with two attached hydrogens (primary N) is 1. The Hall–Kier alpha value is 0.0469. The summed E-state index contributed by atoms with van der Waals surface area (Å²) < 4.78 is 0. The van der Waals surface area contributed by atoms with E-state index in [1.807, 2.05) is 0 Å². The minimum atomic E-state index is 0.611. The second-order valence-electron chi connectivity index (χ2n) is 1.50. The molecule has 0 spiro atoms. The number of hydrogen-bond donors (Lipinski definition) is 1. The lowest BCUT2D eigenvalue weighted by Gasteiger charge is -1.83. The Morgan fingerprint density at radius 1 is 1.71 bits per heavy atom. The first-order valence-corrected chi connectivity index (χ1v) is 4.21. The summed E-state index contributed by atoms with van der Waals surface area (Å²) in [6.45, 7) is 2.98. The lowest BCUT2D eigenvalue weighted by atomic mass is 10.5. The van der Waals surface area contributed by atoms with Crippen LogP contribution in [-0.2, 0) is 0 Å². The van der Waals surface area contributed by atoms with Crippen LogP contribution in [0.1, 0.15) is 13.3 Å². The standard InChI is InChI=1S/C5H13NSi/c1-2-7-5-3-4-6/h2,7H,3-6H2,1H3. The highest BCUT2D eigenvalue weighted by atomic mass is 28.2. The van der Waals surface area contributed by atoms with Crippen LogP contribution in [0.4, 0.5) is 0 Å². The Morgan fingerprint density at radius 3 is 2.86 bits per heavy atom. The highest BCUT2D eigenvalue weighted by Gasteiger charge is 1.73. The van der Waals surface area contributed by atoms with Crippen LogP contribution in [-0.4, -0.2) is 21.3 Å². The van der Waals surface area contributed by atoms with Gasteiger partial charge in [-0.25, -0.2) is 0 Å². The molecule has 0 saturated heterocycles. The van der Waals surface area contributed by atoms with E-state index >= 15 is 0 Å². The topological polar surface area (TPSA) is 26.0 Å². The Kier molecular flexibility index (Phi) is 6.09. The lowest BCUT2D eigenvalue weighted by molar-refractivity contribution is 0.929. The van der Waals surface area contributed by atoms with Gasteiger partial charge < -0.3 is 5.73 Å². The van der Waals surface area contributed by atoms with E-state index in [1.165, 1.54) is 12.5 Å². The van der Waals surface area contributed by atoms with Crippen molar-refractivity contribution in [3.05, 3.63) is 0 Å². The fourth-order valence-corrected chi connectivity index (χ4v) is 1.21. The van der Waals surface area contributed by atoms with E-state index in [9.17, 15) is 0 Å². The molecule has 0 aromatic rings. The first-order valence-electron chi connectivity index (χ1n) is 2.73. The monoisotopic (exact) mass is 115 g/mol. The van der Waals surface area contributed by atoms with Crippen molar-refractivity contribution in [2.75, 3.05) is 6.54 Å². The highest BCUT2D eigenvalue weighted by Crippen LogP contribution is 1.77. The van der Waals surface area contributed by atoms with E-state index in [2.05, 4.69) is 12.6 Å². The molecule has 0 aliphatic carbocycles. The molecule has 0 fully saturated rings. The molecule has 0 saturated carbocycles. The van der Waals surface area contributed by atoms with Gasteiger partial charge in [0.15, 0.2) is 0 Å². The molecule has 0 aromatic carbocycles. The molecule has 0 unspecified atom stereocenters. The maximum atomic E-state index is 5.27. The maximum absolute atomic E-state index is 5.27. The summed E-state index contributed by atoms with van der Waals surface area (Å²) in [6.07, 6.45) is 1.21. The summed E-state index contributed by atoms with van der Waals surface area (Å²) in [5, 5.41) is 0. The normalized spacial score (nSPS) is 10.6. The van der Waals surface area contributed by atoms with E-state index in [4.69, 9.17) is 5.73 Å². The Bertz CT molecular complexity index is 52.0. The molecule has 0 rings (SSSR count). The van der Waals surface area contributed by atoms with Crippen molar-refractivity contribution in [2.45, 2.75) is 19.4 Å². The Labute approximate surface area is 47.4 Å². The molecule has 2 N–H and O–H groups in total. The second-order valence-corrected chi connectivity index (χ2v) is 3.22. The smallest absolute Gasteiger partial charge is 0.00774 e. The molecule has 0 atom stereocenters. The van der Waals surface area contributed by atoms with Gasteiger partial charge in [0.25, 0.3) is 0 Å².